The largest absolute Gasteiger partial charge is 0.383 e. The Labute approximate surface area is 147 Å². The van der Waals surface area contributed by atoms with Crippen molar-refractivity contribution in [2.75, 3.05) is 24.2 Å². The van der Waals surface area contributed by atoms with E-state index in [0.717, 1.165) is 30.7 Å². The molecule has 0 aliphatic carbocycles. The van der Waals surface area contributed by atoms with Crippen molar-refractivity contribution >= 4 is 11.8 Å². The third-order valence-electron chi connectivity index (χ3n) is 4.25. The van der Waals surface area contributed by atoms with Crippen molar-refractivity contribution in [3.05, 3.63) is 29.7 Å². The Morgan fingerprint density at radius 2 is 2.16 bits per heavy atom. The van der Waals surface area contributed by atoms with Crippen LogP contribution in [-0.4, -0.2) is 34.2 Å². The molecule has 0 bridgehead atoms. The Hall–Kier alpha value is -2.72. The molecule has 7 heteroatoms. The fourth-order valence-electron chi connectivity index (χ4n) is 2.80. The van der Waals surface area contributed by atoms with E-state index in [1.54, 1.807) is 12.4 Å². The molecule has 2 aromatic heterocycles. The molecule has 1 unspecified atom stereocenters. The molecular weight excluding hydrogens is 316 g/mol. The van der Waals surface area contributed by atoms with Crippen molar-refractivity contribution in [1.29, 1.82) is 5.26 Å². The molecule has 3 N–H and O–H groups in total. The molecule has 1 fully saturated rings. The van der Waals surface area contributed by atoms with Crippen LogP contribution in [-0.2, 0) is 4.74 Å². The van der Waals surface area contributed by atoms with Crippen LogP contribution >= 0.6 is 0 Å². The fourth-order valence-corrected chi connectivity index (χ4v) is 2.80. The molecule has 3 heterocycles. The summed E-state index contributed by atoms with van der Waals surface area (Å²) in [5.41, 5.74) is 8.61. The normalized spacial score (nSPS) is 16.8. The molecule has 0 spiro atoms. The van der Waals surface area contributed by atoms with Gasteiger partial charge in [0.1, 0.15) is 17.5 Å². The minimum atomic E-state index is 0.210. The number of hydrogen-bond acceptors (Lipinski definition) is 7. The second-order valence-corrected chi connectivity index (χ2v) is 6.43. The average Bonchev–Trinajstić information content (AvgIpc) is 3.13. The summed E-state index contributed by atoms with van der Waals surface area (Å²) in [5, 5.41) is 12.6. The molecule has 2 aromatic rings. The Morgan fingerprint density at radius 3 is 2.76 bits per heavy atom. The number of pyridine rings is 1. The van der Waals surface area contributed by atoms with E-state index in [2.05, 4.69) is 26.3 Å². The van der Waals surface area contributed by atoms with Crippen LogP contribution in [0.3, 0.4) is 0 Å². The van der Waals surface area contributed by atoms with Crippen LogP contribution in [0.4, 0.5) is 11.8 Å². The van der Waals surface area contributed by atoms with E-state index >= 15 is 0 Å². The fraction of sp³-hybridized carbons (Fsp3) is 0.444. The average molecular weight is 338 g/mol. The van der Waals surface area contributed by atoms with Gasteiger partial charge < -0.3 is 15.8 Å². The van der Waals surface area contributed by atoms with E-state index < -0.39 is 0 Å². The minimum Gasteiger partial charge on any atom is -0.383 e. The summed E-state index contributed by atoms with van der Waals surface area (Å²) in [6, 6.07) is 4.02. The molecule has 1 atom stereocenters. The lowest BCUT2D eigenvalue weighted by Gasteiger charge is -2.13. The van der Waals surface area contributed by atoms with Gasteiger partial charge in [0.15, 0.2) is 0 Å². The van der Waals surface area contributed by atoms with Crippen LogP contribution in [0.1, 0.15) is 43.9 Å². The maximum absolute atomic E-state index is 9.41. The van der Waals surface area contributed by atoms with Gasteiger partial charge in [0, 0.05) is 42.4 Å². The first-order chi connectivity index (χ1) is 12.1. The summed E-state index contributed by atoms with van der Waals surface area (Å²) in [7, 11) is 0. The molecule has 0 saturated carbocycles. The summed E-state index contributed by atoms with van der Waals surface area (Å²) in [6.45, 7) is 5.59. The molecule has 0 radical (unpaired) electrons. The van der Waals surface area contributed by atoms with Crippen LogP contribution in [0.2, 0.25) is 0 Å². The van der Waals surface area contributed by atoms with E-state index in [1.807, 2.05) is 19.9 Å². The van der Waals surface area contributed by atoms with Crippen molar-refractivity contribution in [3.63, 3.8) is 0 Å². The van der Waals surface area contributed by atoms with Crippen LogP contribution in [0.5, 0.6) is 0 Å². The summed E-state index contributed by atoms with van der Waals surface area (Å²) in [5.74, 6) is 0.996. The molecule has 25 heavy (non-hydrogen) atoms. The lowest BCUT2D eigenvalue weighted by Crippen LogP contribution is -2.19. The number of hydrogen-bond donors (Lipinski definition) is 2. The first-order valence-corrected chi connectivity index (χ1v) is 8.47. The highest BCUT2D eigenvalue weighted by Crippen LogP contribution is 2.29. The lowest BCUT2D eigenvalue weighted by molar-refractivity contribution is 0.120. The first-order valence-electron chi connectivity index (χ1n) is 8.47. The zero-order valence-electron chi connectivity index (χ0n) is 14.5. The van der Waals surface area contributed by atoms with Gasteiger partial charge in [0.05, 0.1) is 6.10 Å². The number of nitrogens with two attached hydrogens (primary N) is 1. The quantitative estimate of drug-likeness (QED) is 0.862. The maximum atomic E-state index is 9.41. The third-order valence-corrected chi connectivity index (χ3v) is 4.25. The monoisotopic (exact) mass is 338 g/mol. The Kier molecular flexibility index (Phi) is 5.10. The molecule has 1 aliphatic rings. The van der Waals surface area contributed by atoms with Gasteiger partial charge in [-0.15, -0.1) is 0 Å². The predicted octanol–water partition coefficient (Wildman–Crippen LogP) is 2.71. The summed E-state index contributed by atoms with van der Waals surface area (Å²) < 4.78 is 5.57. The Balaban J connectivity index is 1.82. The predicted molar refractivity (Wildman–Crippen MR) is 95.9 cm³/mol. The highest BCUT2D eigenvalue weighted by Gasteiger charge is 2.16. The lowest BCUT2D eigenvalue weighted by atomic mass is 9.99. The zero-order valence-corrected chi connectivity index (χ0v) is 14.5. The molecule has 7 nitrogen and oxygen atoms in total. The number of rotatable bonds is 5. The molecule has 130 valence electrons. The summed E-state index contributed by atoms with van der Waals surface area (Å²) >= 11 is 0. The SMILES string of the molecule is CC(C)c1cc(-c2cnc(NCC3CCCO3)nc2)c(C#N)c(N)n1. The number of aromatic nitrogens is 3. The van der Waals surface area contributed by atoms with Crippen LogP contribution < -0.4 is 11.1 Å². The number of nitrogen functional groups attached to an aromatic ring is 1. The third kappa shape index (κ3) is 3.86. The molecule has 3 rings (SSSR count). The van der Waals surface area contributed by atoms with Gasteiger partial charge in [-0.2, -0.15) is 5.26 Å². The zero-order chi connectivity index (χ0) is 17.8. The van der Waals surface area contributed by atoms with Crippen molar-refractivity contribution in [2.24, 2.45) is 0 Å². The molecule has 0 aromatic carbocycles. The van der Waals surface area contributed by atoms with E-state index in [-0.39, 0.29) is 17.8 Å². The van der Waals surface area contributed by atoms with Gasteiger partial charge in [0.25, 0.3) is 0 Å². The van der Waals surface area contributed by atoms with E-state index in [9.17, 15) is 5.26 Å². The number of ether oxygens (including phenoxy) is 1. The number of nitrogens with one attached hydrogen (secondary N) is 1. The van der Waals surface area contributed by atoms with Gasteiger partial charge in [-0.25, -0.2) is 15.0 Å². The van der Waals surface area contributed by atoms with Crippen molar-refractivity contribution < 1.29 is 4.74 Å². The standard InChI is InChI=1S/C18H22N6O/c1-11(2)16-6-14(15(7-19)17(20)24-16)12-8-21-18(22-9-12)23-10-13-4-3-5-25-13/h6,8-9,11,13H,3-5,10H2,1-2H3,(H2,20,24)(H,21,22,23). The summed E-state index contributed by atoms with van der Waals surface area (Å²) in [6.07, 6.45) is 5.78. The molecule has 0 amide bonds. The Bertz CT molecular complexity index is 775. The van der Waals surface area contributed by atoms with Gasteiger partial charge in [0.2, 0.25) is 5.95 Å². The maximum Gasteiger partial charge on any atom is 0.222 e. The van der Waals surface area contributed by atoms with Crippen LogP contribution in [0, 0.1) is 11.3 Å². The van der Waals surface area contributed by atoms with Crippen LogP contribution in [0.25, 0.3) is 11.1 Å². The first kappa shape index (κ1) is 17.1. The van der Waals surface area contributed by atoms with Crippen molar-refractivity contribution in [1.82, 2.24) is 15.0 Å². The van der Waals surface area contributed by atoms with Crippen LogP contribution in [0.15, 0.2) is 18.5 Å². The minimum absolute atomic E-state index is 0.210. The number of anilines is 2. The van der Waals surface area contributed by atoms with E-state index in [0.29, 0.717) is 23.6 Å². The Morgan fingerprint density at radius 1 is 1.40 bits per heavy atom. The second-order valence-electron chi connectivity index (χ2n) is 6.43. The number of nitrogens with zero attached hydrogens (tertiary/aromatic N) is 4. The van der Waals surface area contributed by atoms with Crippen molar-refractivity contribution in [2.45, 2.75) is 38.7 Å². The van der Waals surface area contributed by atoms with E-state index in [4.69, 9.17) is 10.5 Å². The van der Waals surface area contributed by atoms with Gasteiger partial charge in [-0.1, -0.05) is 13.8 Å². The van der Waals surface area contributed by atoms with Gasteiger partial charge in [-0.3, -0.25) is 0 Å². The van der Waals surface area contributed by atoms with Crippen molar-refractivity contribution in [3.8, 4) is 17.2 Å². The highest BCUT2D eigenvalue weighted by atomic mass is 16.5. The van der Waals surface area contributed by atoms with Gasteiger partial charge in [-0.05, 0) is 24.8 Å². The second kappa shape index (κ2) is 7.45. The highest BCUT2D eigenvalue weighted by molar-refractivity contribution is 5.75. The number of nitriles is 1. The molecule has 1 saturated heterocycles. The summed E-state index contributed by atoms with van der Waals surface area (Å²) in [4.78, 5) is 13.0. The molecule has 1 aliphatic heterocycles. The molecular formula is C18H22N6O. The van der Waals surface area contributed by atoms with Gasteiger partial charge >= 0.3 is 0 Å². The topological polar surface area (TPSA) is 110 Å². The van der Waals surface area contributed by atoms with E-state index in [1.165, 1.54) is 0 Å². The smallest absolute Gasteiger partial charge is 0.222 e.